The summed E-state index contributed by atoms with van der Waals surface area (Å²) < 4.78 is 2.61. The minimum absolute atomic E-state index is 0.447. The first-order valence-electron chi connectivity index (χ1n) is 21.1. The lowest BCUT2D eigenvalue weighted by molar-refractivity contribution is 0.769. The number of hydrogen-bond donors (Lipinski definition) is 0. The van der Waals surface area contributed by atoms with Crippen LogP contribution < -0.4 is 0 Å². The molecule has 2 heterocycles. The van der Waals surface area contributed by atoms with Crippen LogP contribution in [0.4, 0.5) is 0 Å². The zero-order valence-corrected chi connectivity index (χ0v) is 34.6. The number of fused-ring (bicyclic) bond motifs is 6. The largest absolute Gasteiger partial charge is 0.228 e. The summed E-state index contributed by atoms with van der Waals surface area (Å²) in [6.07, 6.45) is 0. The van der Waals surface area contributed by atoms with Crippen LogP contribution in [0, 0.1) is 0 Å². The van der Waals surface area contributed by atoms with Crippen molar-refractivity contribution in [3.63, 3.8) is 0 Å². The fraction of sp³-hybridized carbons (Fsp3) is 0.0169. The van der Waals surface area contributed by atoms with Crippen molar-refractivity contribution in [3.8, 4) is 67.3 Å². The lowest BCUT2D eigenvalue weighted by Crippen LogP contribution is -2.28. The molecule has 62 heavy (non-hydrogen) atoms. The zero-order valence-electron chi connectivity index (χ0n) is 33.7. The summed E-state index contributed by atoms with van der Waals surface area (Å²) in [5.74, 6) is 0.704. The SMILES string of the molecule is c1ccc(-c2nc(-c3ccc(-c4ccc5c(c4)C(c4ccccc4)(c4ccccc4)c4ccccc4-5)cc3)cc(-c3cccc(-c4cccc5c4sc4ccccc45)c3)n2)cc1. The molecule has 290 valence electrons. The lowest BCUT2D eigenvalue weighted by Gasteiger charge is -2.34. The standard InChI is InChI=1S/C59H38N2S/c1-4-16-41(17-5-1)58-60-54(38-55(61-58)44-19-14-18-43(36-44)47-26-15-27-51-50-25-11-13-29-56(50)62-57(47)51)40-32-30-39(31-33-40)42-34-35-49-48-24-10-12-28-52(48)59(53(49)37-42,45-20-6-2-7-21-45)46-22-8-3-9-23-46/h1-38H. The quantitative estimate of drug-likeness (QED) is 0.160. The maximum absolute atomic E-state index is 5.20. The van der Waals surface area contributed by atoms with Crippen molar-refractivity contribution < 1.29 is 0 Å². The summed E-state index contributed by atoms with van der Waals surface area (Å²) in [5, 5.41) is 2.60. The fourth-order valence-corrected chi connectivity index (χ4v) is 11.0. The van der Waals surface area contributed by atoms with Crippen LogP contribution in [0.5, 0.6) is 0 Å². The van der Waals surface area contributed by atoms with E-state index in [1.165, 1.54) is 70.2 Å². The van der Waals surface area contributed by atoms with Gasteiger partial charge in [0.2, 0.25) is 0 Å². The molecule has 2 nitrogen and oxygen atoms in total. The summed E-state index contributed by atoms with van der Waals surface area (Å²) >= 11 is 1.86. The van der Waals surface area contributed by atoms with Gasteiger partial charge in [-0.3, -0.25) is 0 Å². The highest BCUT2D eigenvalue weighted by Crippen LogP contribution is 2.56. The topological polar surface area (TPSA) is 25.8 Å². The highest BCUT2D eigenvalue weighted by atomic mass is 32.1. The molecular weight excluding hydrogens is 769 g/mol. The number of nitrogens with zero attached hydrogens (tertiary/aromatic N) is 2. The Labute approximate surface area is 365 Å². The van der Waals surface area contributed by atoms with Crippen LogP contribution in [0.15, 0.2) is 231 Å². The zero-order chi connectivity index (χ0) is 41.0. The molecule has 0 saturated carbocycles. The van der Waals surface area contributed by atoms with Crippen LogP contribution in [0.2, 0.25) is 0 Å². The Balaban J connectivity index is 0.955. The molecule has 1 aliphatic rings. The molecule has 9 aromatic carbocycles. The van der Waals surface area contributed by atoms with E-state index < -0.39 is 5.41 Å². The van der Waals surface area contributed by atoms with Crippen molar-refractivity contribution in [2.24, 2.45) is 0 Å². The maximum atomic E-state index is 5.20. The smallest absolute Gasteiger partial charge is 0.160 e. The second-order valence-electron chi connectivity index (χ2n) is 16.1. The monoisotopic (exact) mass is 806 g/mol. The summed E-state index contributed by atoms with van der Waals surface area (Å²) in [5.41, 5.74) is 16.9. The van der Waals surface area contributed by atoms with Crippen molar-refractivity contribution >= 4 is 31.5 Å². The molecule has 0 unspecified atom stereocenters. The summed E-state index contributed by atoms with van der Waals surface area (Å²) in [7, 11) is 0. The van der Waals surface area contributed by atoms with E-state index in [1.807, 2.05) is 29.5 Å². The molecule has 0 aliphatic heterocycles. The highest BCUT2D eigenvalue weighted by molar-refractivity contribution is 7.26. The van der Waals surface area contributed by atoms with Gasteiger partial charge in [-0.15, -0.1) is 11.3 Å². The van der Waals surface area contributed by atoms with Gasteiger partial charge in [0, 0.05) is 36.9 Å². The van der Waals surface area contributed by atoms with Gasteiger partial charge in [-0.2, -0.15) is 0 Å². The molecule has 3 heteroatoms. The van der Waals surface area contributed by atoms with E-state index in [4.69, 9.17) is 9.97 Å². The average molecular weight is 807 g/mol. The molecule has 0 spiro atoms. The van der Waals surface area contributed by atoms with Gasteiger partial charge < -0.3 is 0 Å². The van der Waals surface area contributed by atoms with Gasteiger partial charge in [-0.05, 0) is 79.9 Å². The number of rotatable bonds is 7. The molecule has 0 radical (unpaired) electrons. The third kappa shape index (κ3) is 5.85. The van der Waals surface area contributed by atoms with E-state index in [0.717, 1.165) is 33.6 Å². The average Bonchev–Trinajstić information content (AvgIpc) is 3.89. The van der Waals surface area contributed by atoms with E-state index in [0.29, 0.717) is 5.82 Å². The van der Waals surface area contributed by atoms with Crippen LogP contribution in [0.1, 0.15) is 22.3 Å². The van der Waals surface area contributed by atoms with Crippen LogP contribution >= 0.6 is 11.3 Å². The lowest BCUT2D eigenvalue weighted by atomic mass is 9.67. The number of thiophene rings is 1. The van der Waals surface area contributed by atoms with Gasteiger partial charge in [0.1, 0.15) is 0 Å². The van der Waals surface area contributed by atoms with Crippen molar-refractivity contribution in [1.29, 1.82) is 0 Å². The predicted molar refractivity (Wildman–Crippen MR) is 259 cm³/mol. The summed E-state index contributed by atoms with van der Waals surface area (Å²) in [6, 6.07) is 83.4. The second-order valence-corrected chi connectivity index (χ2v) is 17.1. The fourth-order valence-electron chi connectivity index (χ4n) is 9.74. The Morgan fingerprint density at radius 3 is 1.65 bits per heavy atom. The van der Waals surface area contributed by atoms with Gasteiger partial charge in [-0.1, -0.05) is 206 Å². The van der Waals surface area contributed by atoms with E-state index in [1.54, 1.807) is 0 Å². The summed E-state index contributed by atoms with van der Waals surface area (Å²) in [6.45, 7) is 0. The van der Waals surface area contributed by atoms with Crippen molar-refractivity contribution in [2.75, 3.05) is 0 Å². The van der Waals surface area contributed by atoms with Gasteiger partial charge in [0.05, 0.1) is 16.8 Å². The Morgan fingerprint density at radius 1 is 0.323 bits per heavy atom. The van der Waals surface area contributed by atoms with Crippen molar-refractivity contribution in [2.45, 2.75) is 5.41 Å². The Bertz CT molecular complexity index is 3400. The Morgan fingerprint density at radius 2 is 0.871 bits per heavy atom. The molecule has 2 aromatic heterocycles. The predicted octanol–water partition coefficient (Wildman–Crippen LogP) is 15.5. The molecule has 0 saturated heterocycles. The van der Waals surface area contributed by atoms with Gasteiger partial charge in [0.15, 0.2) is 5.82 Å². The molecule has 0 N–H and O–H groups in total. The third-order valence-electron chi connectivity index (χ3n) is 12.6. The molecule has 0 atom stereocenters. The van der Waals surface area contributed by atoms with Crippen molar-refractivity contribution in [1.82, 2.24) is 9.97 Å². The Hall–Kier alpha value is -7.72. The molecular formula is C59H38N2S. The normalized spacial score (nSPS) is 12.6. The molecule has 0 amide bonds. The first-order valence-corrected chi connectivity index (χ1v) is 22.0. The summed E-state index contributed by atoms with van der Waals surface area (Å²) in [4.78, 5) is 10.4. The first-order chi connectivity index (χ1) is 30.7. The molecule has 12 rings (SSSR count). The molecule has 0 fully saturated rings. The van der Waals surface area contributed by atoms with E-state index in [2.05, 4.69) is 212 Å². The van der Waals surface area contributed by atoms with E-state index in [-0.39, 0.29) is 0 Å². The minimum atomic E-state index is -0.447. The van der Waals surface area contributed by atoms with Gasteiger partial charge in [-0.25, -0.2) is 9.97 Å². The van der Waals surface area contributed by atoms with E-state index in [9.17, 15) is 0 Å². The molecule has 11 aromatic rings. The van der Waals surface area contributed by atoms with Crippen LogP contribution in [-0.4, -0.2) is 9.97 Å². The number of aromatic nitrogens is 2. The van der Waals surface area contributed by atoms with Crippen molar-refractivity contribution in [3.05, 3.63) is 253 Å². The molecule has 0 bridgehead atoms. The highest BCUT2D eigenvalue weighted by Gasteiger charge is 2.46. The van der Waals surface area contributed by atoms with Crippen LogP contribution in [-0.2, 0) is 5.41 Å². The molecule has 1 aliphatic carbocycles. The first kappa shape index (κ1) is 36.2. The second kappa shape index (κ2) is 14.8. The Kier molecular flexibility index (Phi) is 8.62. The third-order valence-corrected chi connectivity index (χ3v) is 13.8. The maximum Gasteiger partial charge on any atom is 0.160 e. The minimum Gasteiger partial charge on any atom is -0.228 e. The van der Waals surface area contributed by atoms with Gasteiger partial charge >= 0.3 is 0 Å². The number of benzene rings is 9. The van der Waals surface area contributed by atoms with Gasteiger partial charge in [0.25, 0.3) is 0 Å². The van der Waals surface area contributed by atoms with Crippen LogP contribution in [0.25, 0.3) is 87.5 Å². The number of hydrogen-bond acceptors (Lipinski definition) is 3. The van der Waals surface area contributed by atoms with Crippen LogP contribution in [0.3, 0.4) is 0 Å². The van der Waals surface area contributed by atoms with E-state index >= 15 is 0 Å².